The smallest absolute Gasteiger partial charge is 0.237 e. The van der Waals surface area contributed by atoms with Gasteiger partial charge in [-0.1, -0.05) is 48.0 Å². The van der Waals surface area contributed by atoms with Crippen LogP contribution in [0.5, 0.6) is 0 Å². The first-order valence-electron chi connectivity index (χ1n) is 8.11. The molecule has 0 radical (unpaired) electrons. The number of aryl methyl sites for hydroxylation is 1. The Kier molecular flexibility index (Phi) is 5.89. The Bertz CT molecular complexity index is 828. The van der Waals surface area contributed by atoms with Crippen LogP contribution >= 0.6 is 23.1 Å². The van der Waals surface area contributed by atoms with Crippen molar-refractivity contribution in [3.63, 3.8) is 0 Å². The van der Waals surface area contributed by atoms with Gasteiger partial charge in [-0.15, -0.1) is 23.1 Å². The molecule has 3 aromatic rings. The van der Waals surface area contributed by atoms with E-state index in [9.17, 15) is 4.79 Å². The van der Waals surface area contributed by atoms with Crippen LogP contribution in [0.3, 0.4) is 0 Å². The van der Waals surface area contributed by atoms with Crippen molar-refractivity contribution >= 4 is 34.7 Å². The van der Waals surface area contributed by atoms with Gasteiger partial charge in [-0.2, -0.15) is 0 Å². The highest BCUT2D eigenvalue weighted by atomic mass is 32.2. The predicted molar refractivity (Wildman–Crippen MR) is 108 cm³/mol. The molecule has 5 heteroatoms. The largest absolute Gasteiger partial charge is 0.325 e. The average molecular weight is 369 g/mol. The second-order valence-electron chi connectivity index (χ2n) is 5.82. The number of benzene rings is 2. The molecule has 1 atom stereocenters. The Morgan fingerprint density at radius 3 is 2.60 bits per heavy atom. The number of thiazole rings is 1. The number of para-hydroxylation sites is 1. The summed E-state index contributed by atoms with van der Waals surface area (Å²) in [4.78, 5) is 16.9. The summed E-state index contributed by atoms with van der Waals surface area (Å²) in [6.07, 6.45) is 0. The summed E-state index contributed by atoms with van der Waals surface area (Å²) >= 11 is 3.25. The van der Waals surface area contributed by atoms with Gasteiger partial charge in [-0.05, 0) is 26.0 Å². The zero-order valence-corrected chi connectivity index (χ0v) is 15.9. The van der Waals surface area contributed by atoms with E-state index in [0.717, 1.165) is 27.7 Å². The first kappa shape index (κ1) is 17.7. The Balaban J connectivity index is 1.54. The zero-order valence-electron chi connectivity index (χ0n) is 14.2. The van der Waals surface area contributed by atoms with Crippen LogP contribution in [-0.4, -0.2) is 16.1 Å². The topological polar surface area (TPSA) is 42.0 Å². The maximum atomic E-state index is 12.2. The summed E-state index contributed by atoms with van der Waals surface area (Å²) in [5, 5.41) is 5.90. The Morgan fingerprint density at radius 1 is 1.16 bits per heavy atom. The van der Waals surface area contributed by atoms with Crippen molar-refractivity contribution in [2.24, 2.45) is 0 Å². The van der Waals surface area contributed by atoms with Crippen LogP contribution in [0.25, 0.3) is 10.6 Å². The SMILES string of the molecule is Cc1ccc(-c2nc(CSC(C)C(=O)Nc3ccccc3)cs2)cc1. The number of carbonyl (C=O) groups is 1. The summed E-state index contributed by atoms with van der Waals surface area (Å²) in [6, 6.07) is 17.9. The molecule has 2 aromatic carbocycles. The fourth-order valence-corrected chi connectivity index (χ4v) is 3.96. The molecule has 25 heavy (non-hydrogen) atoms. The van der Waals surface area contributed by atoms with E-state index in [0.29, 0.717) is 0 Å². The third-order valence-corrected chi connectivity index (χ3v) is 5.86. The summed E-state index contributed by atoms with van der Waals surface area (Å²) in [6.45, 7) is 4.01. The molecule has 1 unspecified atom stereocenters. The van der Waals surface area contributed by atoms with Crippen LogP contribution < -0.4 is 5.32 Å². The van der Waals surface area contributed by atoms with E-state index in [4.69, 9.17) is 4.98 Å². The number of hydrogen-bond acceptors (Lipinski definition) is 4. The quantitative estimate of drug-likeness (QED) is 0.635. The highest BCUT2D eigenvalue weighted by Crippen LogP contribution is 2.27. The molecule has 128 valence electrons. The van der Waals surface area contributed by atoms with E-state index in [1.165, 1.54) is 5.56 Å². The van der Waals surface area contributed by atoms with Crippen LogP contribution in [0.4, 0.5) is 5.69 Å². The second kappa shape index (κ2) is 8.32. The minimum Gasteiger partial charge on any atom is -0.325 e. The second-order valence-corrected chi connectivity index (χ2v) is 8.01. The van der Waals surface area contributed by atoms with Gasteiger partial charge in [0.25, 0.3) is 0 Å². The molecule has 1 N–H and O–H groups in total. The van der Waals surface area contributed by atoms with Crippen molar-refractivity contribution in [2.45, 2.75) is 24.9 Å². The third-order valence-electron chi connectivity index (χ3n) is 3.74. The fourth-order valence-electron chi connectivity index (χ4n) is 2.25. The lowest BCUT2D eigenvalue weighted by atomic mass is 10.2. The zero-order chi connectivity index (χ0) is 17.6. The molecule has 1 aromatic heterocycles. The molecular formula is C20H20N2OS2. The minimum absolute atomic E-state index is 0.0187. The van der Waals surface area contributed by atoms with Gasteiger partial charge in [-0.3, -0.25) is 4.79 Å². The van der Waals surface area contributed by atoms with Crippen molar-refractivity contribution in [3.8, 4) is 10.6 Å². The number of nitrogens with zero attached hydrogens (tertiary/aromatic N) is 1. The molecule has 0 aliphatic carbocycles. The molecule has 1 amide bonds. The van der Waals surface area contributed by atoms with E-state index in [2.05, 4.69) is 41.9 Å². The predicted octanol–water partition coefficient (Wildman–Crippen LogP) is 5.38. The van der Waals surface area contributed by atoms with E-state index in [-0.39, 0.29) is 11.2 Å². The van der Waals surface area contributed by atoms with E-state index >= 15 is 0 Å². The molecule has 3 rings (SSSR count). The highest BCUT2D eigenvalue weighted by Gasteiger charge is 2.14. The Labute approximate surface area is 156 Å². The number of carbonyl (C=O) groups excluding carboxylic acids is 1. The maximum Gasteiger partial charge on any atom is 0.237 e. The van der Waals surface area contributed by atoms with Gasteiger partial charge in [0.1, 0.15) is 5.01 Å². The fraction of sp³-hybridized carbons (Fsp3) is 0.200. The van der Waals surface area contributed by atoms with E-state index in [1.54, 1.807) is 23.1 Å². The van der Waals surface area contributed by atoms with Crippen LogP contribution in [0.15, 0.2) is 60.0 Å². The lowest BCUT2D eigenvalue weighted by Crippen LogP contribution is -2.22. The van der Waals surface area contributed by atoms with Crippen LogP contribution in [0.2, 0.25) is 0 Å². The molecule has 0 aliphatic rings. The summed E-state index contributed by atoms with van der Waals surface area (Å²) < 4.78 is 0. The van der Waals surface area contributed by atoms with Gasteiger partial charge < -0.3 is 5.32 Å². The molecule has 0 aliphatic heterocycles. The number of hydrogen-bond donors (Lipinski definition) is 1. The minimum atomic E-state index is -0.135. The van der Waals surface area contributed by atoms with Crippen LogP contribution in [-0.2, 0) is 10.5 Å². The molecule has 0 saturated heterocycles. The number of amides is 1. The van der Waals surface area contributed by atoms with Crippen LogP contribution in [0.1, 0.15) is 18.2 Å². The summed E-state index contributed by atoms with van der Waals surface area (Å²) in [5.74, 6) is 0.747. The van der Waals surface area contributed by atoms with Gasteiger partial charge in [0.2, 0.25) is 5.91 Å². The summed E-state index contributed by atoms with van der Waals surface area (Å²) in [7, 11) is 0. The van der Waals surface area contributed by atoms with E-state index in [1.807, 2.05) is 37.3 Å². The Morgan fingerprint density at radius 2 is 1.88 bits per heavy atom. The number of aromatic nitrogens is 1. The molecule has 0 bridgehead atoms. The maximum absolute atomic E-state index is 12.2. The molecule has 0 saturated carbocycles. The molecule has 0 fully saturated rings. The number of rotatable bonds is 6. The molecular weight excluding hydrogens is 348 g/mol. The monoisotopic (exact) mass is 368 g/mol. The highest BCUT2D eigenvalue weighted by molar-refractivity contribution is 7.99. The van der Waals surface area contributed by atoms with Gasteiger partial charge in [-0.25, -0.2) is 4.98 Å². The average Bonchev–Trinajstić information content (AvgIpc) is 3.10. The van der Waals surface area contributed by atoms with Gasteiger partial charge >= 0.3 is 0 Å². The van der Waals surface area contributed by atoms with Crippen LogP contribution in [0, 0.1) is 6.92 Å². The Hall–Kier alpha value is -2.11. The third kappa shape index (κ3) is 4.94. The molecule has 0 spiro atoms. The summed E-state index contributed by atoms with van der Waals surface area (Å²) in [5.41, 5.74) is 4.23. The normalized spacial score (nSPS) is 11.9. The van der Waals surface area contributed by atoms with Crippen molar-refractivity contribution < 1.29 is 4.79 Å². The lowest BCUT2D eigenvalue weighted by Gasteiger charge is -2.11. The van der Waals surface area contributed by atoms with Crippen molar-refractivity contribution in [2.75, 3.05) is 5.32 Å². The number of anilines is 1. The number of thioether (sulfide) groups is 1. The van der Waals surface area contributed by atoms with Gasteiger partial charge in [0.15, 0.2) is 0 Å². The van der Waals surface area contributed by atoms with Crippen molar-refractivity contribution in [1.82, 2.24) is 4.98 Å². The van der Waals surface area contributed by atoms with Crippen molar-refractivity contribution in [3.05, 3.63) is 71.2 Å². The van der Waals surface area contributed by atoms with Crippen molar-refractivity contribution in [1.29, 1.82) is 0 Å². The van der Waals surface area contributed by atoms with Gasteiger partial charge in [0.05, 0.1) is 10.9 Å². The number of nitrogens with one attached hydrogen (secondary N) is 1. The first-order valence-corrected chi connectivity index (χ1v) is 10.0. The first-order chi connectivity index (χ1) is 12.1. The lowest BCUT2D eigenvalue weighted by molar-refractivity contribution is -0.115. The molecule has 1 heterocycles. The standard InChI is InChI=1S/C20H20N2OS2/c1-14-8-10-16(11-9-14)20-22-18(13-25-20)12-24-15(2)19(23)21-17-6-4-3-5-7-17/h3-11,13,15H,12H2,1-2H3,(H,21,23). The molecule has 3 nitrogen and oxygen atoms in total. The van der Waals surface area contributed by atoms with E-state index < -0.39 is 0 Å². The van der Waals surface area contributed by atoms with Gasteiger partial charge in [0, 0.05) is 22.4 Å².